The van der Waals surface area contributed by atoms with Crippen LogP contribution in [0, 0.1) is 5.92 Å². The van der Waals surface area contributed by atoms with Crippen LogP contribution in [0.2, 0.25) is 0 Å². The maximum Gasteiger partial charge on any atom is 0.258 e. The molecule has 0 atom stereocenters. The number of aromatic nitrogens is 1. The normalized spacial score (nSPS) is 11.0. The average Bonchev–Trinajstić information content (AvgIpc) is 3.41. The number of carbonyl (C=O) groups is 2. The highest BCUT2D eigenvalue weighted by Crippen LogP contribution is 2.28. The maximum atomic E-state index is 14.0. The summed E-state index contributed by atoms with van der Waals surface area (Å²) in [6.45, 7) is 5.30. The van der Waals surface area contributed by atoms with E-state index >= 15 is 0 Å². The molecule has 3 aromatic carbocycles. The molecule has 0 unspecified atom stereocenters. The molecule has 0 saturated carbocycles. The molecule has 2 amide bonds. The van der Waals surface area contributed by atoms with Gasteiger partial charge in [0.15, 0.2) is 11.5 Å². The molecule has 41 heavy (non-hydrogen) atoms. The Hall–Kier alpha value is -4.46. The summed E-state index contributed by atoms with van der Waals surface area (Å²) in [4.78, 5) is 34.4. The number of ether oxygens (including phenoxy) is 3. The number of nitrogens with one attached hydrogen (secondary N) is 1. The van der Waals surface area contributed by atoms with Gasteiger partial charge in [0.05, 0.1) is 26.9 Å². The van der Waals surface area contributed by atoms with Crippen molar-refractivity contribution in [1.82, 2.24) is 14.8 Å². The van der Waals surface area contributed by atoms with Crippen LogP contribution in [0.25, 0.3) is 10.9 Å². The third-order valence-corrected chi connectivity index (χ3v) is 7.04. The van der Waals surface area contributed by atoms with Gasteiger partial charge in [0.2, 0.25) is 5.91 Å². The van der Waals surface area contributed by atoms with Gasteiger partial charge < -0.3 is 29.0 Å². The van der Waals surface area contributed by atoms with Gasteiger partial charge >= 0.3 is 0 Å². The van der Waals surface area contributed by atoms with Crippen molar-refractivity contribution in [2.24, 2.45) is 5.92 Å². The molecule has 1 N–H and O–H groups in total. The van der Waals surface area contributed by atoms with E-state index in [4.69, 9.17) is 14.2 Å². The van der Waals surface area contributed by atoms with E-state index in [9.17, 15) is 9.59 Å². The molecule has 0 aliphatic rings. The largest absolute Gasteiger partial charge is 0.496 e. The van der Waals surface area contributed by atoms with E-state index in [-0.39, 0.29) is 24.3 Å². The lowest BCUT2D eigenvalue weighted by Gasteiger charge is -2.29. The Morgan fingerprint density at radius 1 is 0.829 bits per heavy atom. The molecular formula is C33H39N3O5. The summed E-state index contributed by atoms with van der Waals surface area (Å²) >= 11 is 0. The Kier molecular flexibility index (Phi) is 9.90. The number of rotatable bonds is 13. The summed E-state index contributed by atoms with van der Waals surface area (Å²) in [6, 6.07) is 20.9. The summed E-state index contributed by atoms with van der Waals surface area (Å²) in [5, 5.41) is 1.14. The molecule has 0 bridgehead atoms. The SMILES string of the molecule is COc1ccc(CN(CCc2c[nH]c3ccccc23)C(=O)CN(CC(C)C)C(=O)c2ccccc2OC)cc1OC. The number of nitrogens with zero attached hydrogens (tertiary/aromatic N) is 2. The molecule has 1 heterocycles. The van der Waals surface area contributed by atoms with Crippen LogP contribution in [0.1, 0.15) is 35.3 Å². The molecule has 1 aromatic heterocycles. The Balaban J connectivity index is 1.61. The van der Waals surface area contributed by atoms with Crippen molar-refractivity contribution in [1.29, 1.82) is 0 Å². The fourth-order valence-electron chi connectivity index (χ4n) is 5.00. The van der Waals surface area contributed by atoms with E-state index < -0.39 is 0 Å². The lowest BCUT2D eigenvalue weighted by molar-refractivity contribution is -0.132. The van der Waals surface area contributed by atoms with Gasteiger partial charge in [0.25, 0.3) is 5.91 Å². The molecule has 4 rings (SSSR count). The first kappa shape index (κ1) is 29.5. The summed E-state index contributed by atoms with van der Waals surface area (Å²) < 4.78 is 16.3. The standard InChI is InChI=1S/C33H39N3O5/c1-23(2)20-36(33(38)27-11-7-9-13-29(27)39-3)22-32(37)35(21-24-14-15-30(40-4)31(18-24)41-5)17-16-25-19-34-28-12-8-6-10-26(25)28/h6-15,18-19,23,34H,16-17,20-22H2,1-5H3. The van der Waals surface area contributed by atoms with Gasteiger partial charge in [-0.1, -0.05) is 50.2 Å². The minimum atomic E-state index is -0.229. The van der Waals surface area contributed by atoms with Gasteiger partial charge in [-0.25, -0.2) is 0 Å². The number of fused-ring (bicyclic) bond motifs is 1. The molecule has 0 aliphatic carbocycles. The topological polar surface area (TPSA) is 84.1 Å². The predicted octanol–water partition coefficient (Wildman–Crippen LogP) is 5.56. The average molecular weight is 558 g/mol. The summed E-state index contributed by atoms with van der Waals surface area (Å²) in [6.07, 6.45) is 2.66. The molecule has 0 fully saturated rings. The van der Waals surface area contributed by atoms with Crippen LogP contribution in [-0.2, 0) is 17.8 Å². The zero-order chi connectivity index (χ0) is 29.4. The van der Waals surface area contributed by atoms with Crippen molar-refractivity contribution >= 4 is 22.7 Å². The van der Waals surface area contributed by atoms with Crippen LogP contribution < -0.4 is 14.2 Å². The highest BCUT2D eigenvalue weighted by atomic mass is 16.5. The first-order chi connectivity index (χ1) is 19.8. The van der Waals surface area contributed by atoms with Crippen molar-refractivity contribution in [3.05, 3.63) is 89.6 Å². The number of benzene rings is 3. The molecule has 0 radical (unpaired) electrons. The Morgan fingerprint density at radius 2 is 1.54 bits per heavy atom. The minimum absolute atomic E-state index is 0.0454. The summed E-state index contributed by atoms with van der Waals surface area (Å²) in [5.74, 6) is 1.52. The number of methoxy groups -OCH3 is 3. The number of amides is 2. The van der Waals surface area contributed by atoms with Crippen LogP contribution in [0.3, 0.4) is 0 Å². The molecule has 8 nitrogen and oxygen atoms in total. The van der Waals surface area contributed by atoms with Crippen LogP contribution >= 0.6 is 0 Å². The quantitative estimate of drug-likeness (QED) is 0.233. The monoisotopic (exact) mass is 557 g/mol. The smallest absolute Gasteiger partial charge is 0.258 e. The van der Waals surface area contributed by atoms with Gasteiger partial charge in [-0.2, -0.15) is 0 Å². The Labute approximate surface area is 241 Å². The van der Waals surface area contributed by atoms with Gasteiger partial charge in [0.1, 0.15) is 12.3 Å². The zero-order valence-electron chi connectivity index (χ0n) is 24.5. The van der Waals surface area contributed by atoms with Crippen molar-refractivity contribution < 1.29 is 23.8 Å². The number of H-pyrrole nitrogens is 1. The van der Waals surface area contributed by atoms with Crippen molar-refractivity contribution in [2.75, 3.05) is 41.0 Å². The lowest BCUT2D eigenvalue weighted by atomic mass is 10.1. The first-order valence-electron chi connectivity index (χ1n) is 13.8. The maximum absolute atomic E-state index is 14.0. The van der Waals surface area contributed by atoms with E-state index in [1.165, 1.54) is 0 Å². The fraction of sp³-hybridized carbons (Fsp3) is 0.333. The van der Waals surface area contributed by atoms with Gasteiger partial charge in [-0.3, -0.25) is 9.59 Å². The number of aromatic amines is 1. The molecule has 0 aliphatic heterocycles. The number of para-hydroxylation sites is 2. The minimum Gasteiger partial charge on any atom is -0.496 e. The van der Waals surface area contributed by atoms with Gasteiger partial charge in [-0.05, 0) is 53.8 Å². The van der Waals surface area contributed by atoms with Gasteiger partial charge in [-0.15, -0.1) is 0 Å². The molecule has 0 saturated heterocycles. The van der Waals surface area contributed by atoms with Crippen LogP contribution in [0.4, 0.5) is 0 Å². The molecule has 8 heteroatoms. The fourth-order valence-corrected chi connectivity index (χ4v) is 5.00. The first-order valence-corrected chi connectivity index (χ1v) is 13.8. The Morgan fingerprint density at radius 3 is 2.27 bits per heavy atom. The number of hydrogen-bond acceptors (Lipinski definition) is 5. The summed E-state index contributed by atoms with van der Waals surface area (Å²) in [5.41, 5.74) is 3.54. The van der Waals surface area contributed by atoms with E-state index in [1.54, 1.807) is 44.4 Å². The molecular weight excluding hydrogens is 518 g/mol. The van der Waals surface area contributed by atoms with E-state index in [0.29, 0.717) is 48.9 Å². The van der Waals surface area contributed by atoms with Crippen molar-refractivity contribution in [3.8, 4) is 17.2 Å². The van der Waals surface area contributed by atoms with E-state index in [1.807, 2.05) is 67.4 Å². The number of hydrogen-bond donors (Lipinski definition) is 1. The molecule has 216 valence electrons. The summed E-state index contributed by atoms with van der Waals surface area (Å²) in [7, 11) is 4.73. The van der Waals surface area contributed by atoms with Crippen molar-refractivity contribution in [3.63, 3.8) is 0 Å². The highest BCUT2D eigenvalue weighted by molar-refractivity contribution is 5.98. The highest BCUT2D eigenvalue weighted by Gasteiger charge is 2.25. The predicted molar refractivity (Wildman–Crippen MR) is 161 cm³/mol. The Bertz CT molecular complexity index is 1480. The molecule has 4 aromatic rings. The van der Waals surface area contributed by atoms with Gasteiger partial charge in [0, 0.05) is 36.7 Å². The number of carbonyl (C=O) groups excluding carboxylic acids is 2. The third-order valence-electron chi connectivity index (χ3n) is 7.04. The lowest BCUT2D eigenvalue weighted by Crippen LogP contribution is -2.44. The second-order valence-electron chi connectivity index (χ2n) is 10.4. The van der Waals surface area contributed by atoms with Crippen LogP contribution in [0.15, 0.2) is 72.9 Å². The van der Waals surface area contributed by atoms with E-state index in [2.05, 4.69) is 11.1 Å². The van der Waals surface area contributed by atoms with E-state index in [0.717, 1.165) is 22.0 Å². The van der Waals surface area contributed by atoms with Crippen LogP contribution in [0.5, 0.6) is 17.2 Å². The molecule has 0 spiro atoms. The second kappa shape index (κ2) is 13.7. The van der Waals surface area contributed by atoms with Crippen LogP contribution in [-0.4, -0.2) is 67.6 Å². The van der Waals surface area contributed by atoms with Crippen molar-refractivity contribution in [2.45, 2.75) is 26.8 Å². The second-order valence-corrected chi connectivity index (χ2v) is 10.4. The zero-order valence-corrected chi connectivity index (χ0v) is 24.5. The third kappa shape index (κ3) is 7.20.